The number of hydrogen-bond acceptors (Lipinski definition) is 3. The van der Waals surface area contributed by atoms with Crippen LogP contribution < -0.4 is 0 Å². The minimum absolute atomic E-state index is 0.104. The average molecular weight is 600 g/mol. The number of pyridine rings is 3. The minimum atomic E-state index is -0.104. The summed E-state index contributed by atoms with van der Waals surface area (Å²) in [6.45, 7) is 4.72. The lowest BCUT2D eigenvalue weighted by Crippen LogP contribution is -2.14. The molecule has 6 aromatic carbocycles. The normalized spacial score (nSPS) is 13.5. The number of rotatable bonds is 2. The Balaban J connectivity index is 1.09. The topological polar surface area (TPSA) is 38.7 Å². The molecule has 0 atom stereocenters. The van der Waals surface area contributed by atoms with Gasteiger partial charge in [-0.25, -0.2) is 4.98 Å². The van der Waals surface area contributed by atoms with Gasteiger partial charge in [0.2, 0.25) is 0 Å². The SMILES string of the molecule is CC1(C)c2ccc(-c3ccc(-c4ccc5ccc6cccnc6c5n4)nc3)cc2-c2cc3c4ccccc4c4ccccc4c3cc21. The molecule has 1 aliphatic rings. The first-order chi connectivity index (χ1) is 23.0. The van der Waals surface area contributed by atoms with Crippen molar-refractivity contribution < 1.29 is 0 Å². The molecule has 0 fully saturated rings. The number of nitrogens with zero attached hydrogens (tertiary/aromatic N) is 3. The maximum Gasteiger partial charge on any atom is 0.0972 e. The summed E-state index contributed by atoms with van der Waals surface area (Å²) in [5.74, 6) is 0. The van der Waals surface area contributed by atoms with E-state index in [9.17, 15) is 0 Å². The highest BCUT2D eigenvalue weighted by molar-refractivity contribution is 6.26. The predicted molar refractivity (Wildman–Crippen MR) is 196 cm³/mol. The van der Waals surface area contributed by atoms with Crippen LogP contribution >= 0.6 is 0 Å². The van der Waals surface area contributed by atoms with Crippen LogP contribution in [0, 0.1) is 0 Å². The average Bonchev–Trinajstić information content (AvgIpc) is 3.35. The van der Waals surface area contributed by atoms with Crippen LogP contribution in [0.25, 0.3) is 87.8 Å². The fourth-order valence-corrected chi connectivity index (χ4v) is 7.91. The summed E-state index contributed by atoms with van der Waals surface area (Å²) in [5.41, 5.74) is 11.0. The smallest absolute Gasteiger partial charge is 0.0972 e. The van der Waals surface area contributed by atoms with Gasteiger partial charge in [0.1, 0.15) is 0 Å². The van der Waals surface area contributed by atoms with Crippen molar-refractivity contribution in [3.8, 4) is 33.6 Å². The van der Waals surface area contributed by atoms with E-state index in [-0.39, 0.29) is 5.41 Å². The monoisotopic (exact) mass is 599 g/mol. The summed E-state index contributed by atoms with van der Waals surface area (Å²) in [6, 6.07) is 46.1. The zero-order chi connectivity index (χ0) is 31.3. The largest absolute Gasteiger partial charge is 0.254 e. The summed E-state index contributed by atoms with van der Waals surface area (Å²) in [4.78, 5) is 14.5. The molecule has 3 nitrogen and oxygen atoms in total. The van der Waals surface area contributed by atoms with Gasteiger partial charge in [-0.3, -0.25) is 9.97 Å². The van der Waals surface area contributed by atoms with E-state index in [2.05, 4.69) is 134 Å². The molecule has 0 saturated carbocycles. The van der Waals surface area contributed by atoms with Crippen molar-refractivity contribution in [3.05, 3.63) is 151 Å². The molecular formula is C44H29N3. The fourth-order valence-electron chi connectivity index (χ4n) is 7.91. The Kier molecular flexibility index (Phi) is 5.34. The molecule has 3 heteroatoms. The lowest BCUT2D eigenvalue weighted by atomic mass is 9.81. The second-order valence-electron chi connectivity index (χ2n) is 13.3. The molecule has 0 bridgehead atoms. The van der Waals surface area contributed by atoms with Crippen molar-refractivity contribution in [2.75, 3.05) is 0 Å². The molecule has 10 rings (SSSR count). The highest BCUT2D eigenvalue weighted by atomic mass is 14.8. The molecule has 1 aliphatic carbocycles. The maximum atomic E-state index is 5.00. The Morgan fingerprint density at radius 2 is 1.06 bits per heavy atom. The lowest BCUT2D eigenvalue weighted by Gasteiger charge is -2.22. The second kappa shape index (κ2) is 9.54. The van der Waals surface area contributed by atoms with E-state index in [1.54, 1.807) is 0 Å². The summed E-state index contributed by atoms with van der Waals surface area (Å²) in [6.07, 6.45) is 3.80. The van der Waals surface area contributed by atoms with Crippen LogP contribution in [0.5, 0.6) is 0 Å². The lowest BCUT2D eigenvalue weighted by molar-refractivity contribution is 0.661. The van der Waals surface area contributed by atoms with E-state index >= 15 is 0 Å². The van der Waals surface area contributed by atoms with Crippen LogP contribution in [-0.2, 0) is 5.41 Å². The predicted octanol–water partition coefficient (Wildman–Crippen LogP) is 11.3. The van der Waals surface area contributed by atoms with Crippen LogP contribution in [0.4, 0.5) is 0 Å². The van der Waals surface area contributed by atoms with E-state index in [0.29, 0.717) is 0 Å². The van der Waals surface area contributed by atoms with Gasteiger partial charge in [0.25, 0.3) is 0 Å². The van der Waals surface area contributed by atoms with Gasteiger partial charge in [-0.05, 0) is 96.5 Å². The molecule has 0 N–H and O–H groups in total. The van der Waals surface area contributed by atoms with E-state index in [4.69, 9.17) is 9.97 Å². The van der Waals surface area contributed by atoms with Gasteiger partial charge in [0.05, 0.1) is 22.4 Å². The molecule has 0 radical (unpaired) electrons. The van der Waals surface area contributed by atoms with Gasteiger partial charge in [-0.15, -0.1) is 0 Å². The number of aromatic nitrogens is 3. The van der Waals surface area contributed by atoms with Crippen molar-refractivity contribution in [2.45, 2.75) is 19.3 Å². The van der Waals surface area contributed by atoms with E-state index in [1.807, 2.05) is 24.5 Å². The van der Waals surface area contributed by atoms with Crippen molar-refractivity contribution in [1.29, 1.82) is 0 Å². The molecular weight excluding hydrogens is 571 g/mol. The van der Waals surface area contributed by atoms with Crippen LogP contribution in [-0.4, -0.2) is 15.0 Å². The van der Waals surface area contributed by atoms with Crippen LogP contribution in [0.3, 0.4) is 0 Å². The van der Waals surface area contributed by atoms with Gasteiger partial charge in [-0.2, -0.15) is 0 Å². The Morgan fingerprint density at radius 1 is 0.447 bits per heavy atom. The third-order valence-electron chi connectivity index (χ3n) is 10.3. The molecule has 47 heavy (non-hydrogen) atoms. The Hall–Kier alpha value is -5.93. The van der Waals surface area contributed by atoms with Crippen molar-refractivity contribution in [2.24, 2.45) is 0 Å². The second-order valence-corrected chi connectivity index (χ2v) is 13.3. The van der Waals surface area contributed by atoms with Crippen molar-refractivity contribution in [3.63, 3.8) is 0 Å². The van der Waals surface area contributed by atoms with Crippen LogP contribution in [0.1, 0.15) is 25.0 Å². The summed E-state index contributed by atoms with van der Waals surface area (Å²) >= 11 is 0. The third-order valence-corrected chi connectivity index (χ3v) is 10.3. The van der Waals surface area contributed by atoms with Crippen molar-refractivity contribution in [1.82, 2.24) is 15.0 Å². The maximum absolute atomic E-state index is 5.00. The summed E-state index contributed by atoms with van der Waals surface area (Å²) in [5, 5.41) is 10.0. The first-order valence-electron chi connectivity index (χ1n) is 16.2. The molecule has 9 aromatic rings. The molecule has 0 amide bonds. The van der Waals surface area contributed by atoms with Gasteiger partial charge in [-0.1, -0.05) is 105 Å². The standard InChI is InChI=1S/C44H29N3/c1-44(2)38-18-15-28(29-17-19-40(46-25-29)41-20-16-27-14-13-26-8-7-21-45-42(26)43(27)47-41)22-36(38)37-23-34-32-11-5-3-9-30(32)31-10-4-6-12-33(31)35(34)24-39(37)44/h3-25H,1-2H3. The molecule has 0 unspecified atom stereocenters. The van der Waals surface area contributed by atoms with E-state index < -0.39 is 0 Å². The summed E-state index contributed by atoms with van der Waals surface area (Å²) < 4.78 is 0. The van der Waals surface area contributed by atoms with E-state index in [1.165, 1.54) is 54.6 Å². The molecule has 3 aromatic heterocycles. The Labute approximate surface area is 272 Å². The third kappa shape index (κ3) is 3.77. The highest BCUT2D eigenvalue weighted by Gasteiger charge is 2.36. The van der Waals surface area contributed by atoms with Crippen LogP contribution in [0.2, 0.25) is 0 Å². The van der Waals surface area contributed by atoms with E-state index in [0.717, 1.165) is 44.3 Å². The molecule has 0 aliphatic heterocycles. The molecule has 0 spiro atoms. The van der Waals surface area contributed by atoms with Gasteiger partial charge in [0.15, 0.2) is 0 Å². The zero-order valence-corrected chi connectivity index (χ0v) is 26.1. The number of benzene rings is 6. The number of fused-ring (bicyclic) bond motifs is 12. The zero-order valence-electron chi connectivity index (χ0n) is 26.1. The van der Waals surface area contributed by atoms with Crippen molar-refractivity contribution >= 4 is 54.1 Å². The van der Waals surface area contributed by atoms with Crippen LogP contribution in [0.15, 0.2) is 140 Å². The highest BCUT2D eigenvalue weighted by Crippen LogP contribution is 2.52. The number of hydrogen-bond donors (Lipinski definition) is 0. The van der Waals surface area contributed by atoms with Gasteiger partial charge >= 0.3 is 0 Å². The fraction of sp³-hybridized carbons (Fsp3) is 0.0682. The summed E-state index contributed by atoms with van der Waals surface area (Å²) in [7, 11) is 0. The minimum Gasteiger partial charge on any atom is -0.254 e. The van der Waals surface area contributed by atoms with Gasteiger partial charge in [0, 0.05) is 34.1 Å². The first kappa shape index (κ1) is 26.3. The molecule has 0 saturated heterocycles. The Morgan fingerprint density at radius 3 is 1.79 bits per heavy atom. The molecule has 3 heterocycles. The first-order valence-corrected chi connectivity index (χ1v) is 16.2. The molecule has 220 valence electrons. The quantitative estimate of drug-likeness (QED) is 0.186. The Bertz CT molecular complexity index is 2760. The van der Waals surface area contributed by atoms with Gasteiger partial charge < -0.3 is 0 Å².